The number of fused-ring (bicyclic) bond motifs is 1. The Morgan fingerprint density at radius 1 is 1.24 bits per heavy atom. The molecule has 1 amide bonds. The molecule has 0 aliphatic carbocycles. The number of aromatic nitrogens is 1. The summed E-state index contributed by atoms with van der Waals surface area (Å²) >= 11 is 3.48. The predicted octanol–water partition coefficient (Wildman–Crippen LogP) is 4.07. The van der Waals surface area contributed by atoms with Crippen LogP contribution in [-0.4, -0.2) is 10.9 Å². The summed E-state index contributed by atoms with van der Waals surface area (Å²) in [5, 5.41) is 3.81. The van der Waals surface area contributed by atoms with E-state index in [4.69, 9.17) is 5.73 Å². The maximum Gasteiger partial charge on any atom is 0.272 e. The molecule has 1 aromatic heterocycles. The van der Waals surface area contributed by atoms with Crippen molar-refractivity contribution in [2.24, 2.45) is 0 Å². The number of aryl methyl sites for hydroxylation is 1. The van der Waals surface area contributed by atoms with Crippen molar-refractivity contribution in [1.82, 2.24) is 4.98 Å². The minimum atomic E-state index is -0.184. The largest absolute Gasteiger partial charge is 0.399 e. The molecule has 0 saturated carbocycles. The van der Waals surface area contributed by atoms with Gasteiger partial charge in [-0.1, -0.05) is 12.1 Å². The molecule has 0 aliphatic rings. The number of hydrogen-bond acceptors (Lipinski definition) is 2. The molecular formula is C16H14BrN3O. The highest BCUT2D eigenvalue weighted by Crippen LogP contribution is 2.26. The number of anilines is 2. The number of carbonyl (C=O) groups excluding carboxylic acids is 1. The van der Waals surface area contributed by atoms with Gasteiger partial charge in [-0.3, -0.25) is 4.79 Å². The standard InChI is InChI=1S/C16H14BrN3O/c1-9-3-2-4-13(15(9)17)20-16(21)14-8-10-7-11(18)5-6-12(10)19-14/h2-8,19H,18H2,1H3,(H,20,21). The second-order valence-electron chi connectivity index (χ2n) is 4.92. The molecule has 3 rings (SSSR count). The summed E-state index contributed by atoms with van der Waals surface area (Å²) in [6, 6.07) is 13.0. The lowest BCUT2D eigenvalue weighted by molar-refractivity contribution is 0.102. The first kappa shape index (κ1) is 13.7. The number of aromatic amines is 1. The van der Waals surface area contributed by atoms with Crippen LogP contribution in [0, 0.1) is 6.92 Å². The highest BCUT2D eigenvalue weighted by Gasteiger charge is 2.12. The Bertz CT molecular complexity index is 839. The third-order valence-electron chi connectivity index (χ3n) is 3.33. The van der Waals surface area contributed by atoms with E-state index < -0.39 is 0 Å². The highest BCUT2D eigenvalue weighted by molar-refractivity contribution is 9.10. The van der Waals surface area contributed by atoms with Crippen molar-refractivity contribution < 1.29 is 4.79 Å². The van der Waals surface area contributed by atoms with Crippen molar-refractivity contribution in [2.45, 2.75) is 6.92 Å². The van der Waals surface area contributed by atoms with E-state index >= 15 is 0 Å². The lowest BCUT2D eigenvalue weighted by Gasteiger charge is -2.08. The normalized spacial score (nSPS) is 10.8. The van der Waals surface area contributed by atoms with Gasteiger partial charge >= 0.3 is 0 Å². The minimum absolute atomic E-state index is 0.184. The monoisotopic (exact) mass is 343 g/mol. The zero-order chi connectivity index (χ0) is 15.0. The van der Waals surface area contributed by atoms with Crippen molar-refractivity contribution in [3.05, 3.63) is 58.2 Å². The number of carbonyl (C=O) groups is 1. The quantitative estimate of drug-likeness (QED) is 0.613. The first-order valence-corrected chi connectivity index (χ1v) is 7.28. The van der Waals surface area contributed by atoms with Crippen LogP contribution in [0.5, 0.6) is 0 Å². The van der Waals surface area contributed by atoms with Crippen LogP contribution in [0.3, 0.4) is 0 Å². The summed E-state index contributed by atoms with van der Waals surface area (Å²) in [5.41, 5.74) is 9.63. The van der Waals surface area contributed by atoms with Crippen LogP contribution >= 0.6 is 15.9 Å². The fraction of sp³-hybridized carbons (Fsp3) is 0.0625. The van der Waals surface area contributed by atoms with Gasteiger partial charge in [0.2, 0.25) is 0 Å². The van der Waals surface area contributed by atoms with Crippen LogP contribution in [-0.2, 0) is 0 Å². The van der Waals surface area contributed by atoms with E-state index in [1.807, 2.05) is 37.3 Å². The zero-order valence-corrected chi connectivity index (χ0v) is 13.0. The van der Waals surface area contributed by atoms with Crippen molar-refractivity contribution in [1.29, 1.82) is 0 Å². The minimum Gasteiger partial charge on any atom is -0.399 e. The summed E-state index contributed by atoms with van der Waals surface area (Å²) < 4.78 is 0.888. The molecule has 4 N–H and O–H groups in total. The van der Waals surface area contributed by atoms with E-state index in [0.717, 1.165) is 26.6 Å². The van der Waals surface area contributed by atoms with E-state index in [9.17, 15) is 4.79 Å². The predicted molar refractivity (Wildman–Crippen MR) is 89.5 cm³/mol. The van der Waals surface area contributed by atoms with Gasteiger partial charge < -0.3 is 16.0 Å². The average Bonchev–Trinajstić information content (AvgIpc) is 2.87. The van der Waals surface area contributed by atoms with Gasteiger partial charge in [-0.15, -0.1) is 0 Å². The Balaban J connectivity index is 1.91. The molecule has 3 aromatic rings. The molecule has 0 saturated heterocycles. The molecule has 0 fully saturated rings. The lowest BCUT2D eigenvalue weighted by Crippen LogP contribution is -2.12. The van der Waals surface area contributed by atoms with E-state index in [1.54, 1.807) is 12.1 Å². The number of nitrogens with one attached hydrogen (secondary N) is 2. The maximum absolute atomic E-state index is 12.3. The van der Waals surface area contributed by atoms with E-state index in [-0.39, 0.29) is 5.91 Å². The molecule has 1 heterocycles. The fourth-order valence-electron chi connectivity index (χ4n) is 2.21. The number of rotatable bonds is 2. The van der Waals surface area contributed by atoms with E-state index in [1.165, 1.54) is 0 Å². The average molecular weight is 344 g/mol. The molecular weight excluding hydrogens is 330 g/mol. The molecule has 0 bridgehead atoms. The Hall–Kier alpha value is -2.27. The Morgan fingerprint density at radius 2 is 2.05 bits per heavy atom. The molecule has 21 heavy (non-hydrogen) atoms. The van der Waals surface area contributed by atoms with Crippen LogP contribution in [0.25, 0.3) is 10.9 Å². The fourth-order valence-corrected chi connectivity index (χ4v) is 2.57. The Morgan fingerprint density at radius 3 is 2.86 bits per heavy atom. The lowest BCUT2D eigenvalue weighted by atomic mass is 10.2. The molecule has 0 spiro atoms. The molecule has 0 atom stereocenters. The van der Waals surface area contributed by atoms with Gasteiger partial charge in [0, 0.05) is 21.1 Å². The molecule has 0 unspecified atom stereocenters. The van der Waals surface area contributed by atoms with Crippen LogP contribution in [0.15, 0.2) is 46.9 Å². The molecule has 2 aromatic carbocycles. The number of nitrogen functional groups attached to an aromatic ring is 1. The van der Waals surface area contributed by atoms with Gasteiger partial charge in [0.05, 0.1) is 5.69 Å². The van der Waals surface area contributed by atoms with Gasteiger partial charge in [0.1, 0.15) is 5.69 Å². The number of H-pyrrole nitrogens is 1. The first-order chi connectivity index (χ1) is 10.0. The summed E-state index contributed by atoms with van der Waals surface area (Å²) in [4.78, 5) is 15.4. The summed E-state index contributed by atoms with van der Waals surface area (Å²) in [6.07, 6.45) is 0. The number of benzene rings is 2. The van der Waals surface area contributed by atoms with Gasteiger partial charge in [-0.05, 0) is 58.7 Å². The number of nitrogens with two attached hydrogens (primary N) is 1. The molecule has 0 aliphatic heterocycles. The smallest absolute Gasteiger partial charge is 0.272 e. The van der Waals surface area contributed by atoms with Gasteiger partial charge in [0.15, 0.2) is 0 Å². The Kier molecular flexibility index (Phi) is 3.43. The highest BCUT2D eigenvalue weighted by atomic mass is 79.9. The second kappa shape index (κ2) is 5.26. The molecule has 4 nitrogen and oxygen atoms in total. The number of hydrogen-bond donors (Lipinski definition) is 3. The number of halogens is 1. The van der Waals surface area contributed by atoms with Gasteiger partial charge in [0.25, 0.3) is 5.91 Å². The molecule has 106 valence electrons. The van der Waals surface area contributed by atoms with Crippen molar-refractivity contribution >= 4 is 44.1 Å². The maximum atomic E-state index is 12.3. The van der Waals surface area contributed by atoms with Crippen LogP contribution in [0.1, 0.15) is 16.1 Å². The van der Waals surface area contributed by atoms with Crippen LogP contribution in [0.2, 0.25) is 0 Å². The van der Waals surface area contributed by atoms with Crippen LogP contribution < -0.4 is 11.1 Å². The third-order valence-corrected chi connectivity index (χ3v) is 4.38. The topological polar surface area (TPSA) is 70.9 Å². The van der Waals surface area contributed by atoms with E-state index in [2.05, 4.69) is 26.2 Å². The third kappa shape index (κ3) is 2.64. The van der Waals surface area contributed by atoms with Crippen molar-refractivity contribution in [3.8, 4) is 0 Å². The van der Waals surface area contributed by atoms with Gasteiger partial charge in [-0.25, -0.2) is 0 Å². The number of amides is 1. The Labute approximate surface area is 130 Å². The molecule has 0 radical (unpaired) electrons. The van der Waals surface area contributed by atoms with Gasteiger partial charge in [-0.2, -0.15) is 0 Å². The van der Waals surface area contributed by atoms with E-state index in [0.29, 0.717) is 11.4 Å². The molecule has 5 heteroatoms. The van der Waals surface area contributed by atoms with Crippen LogP contribution in [0.4, 0.5) is 11.4 Å². The summed E-state index contributed by atoms with van der Waals surface area (Å²) in [7, 11) is 0. The zero-order valence-electron chi connectivity index (χ0n) is 11.4. The van der Waals surface area contributed by atoms with Crippen molar-refractivity contribution in [2.75, 3.05) is 11.1 Å². The summed E-state index contributed by atoms with van der Waals surface area (Å²) in [5.74, 6) is -0.184. The first-order valence-electron chi connectivity index (χ1n) is 6.49. The second-order valence-corrected chi connectivity index (χ2v) is 5.71. The SMILES string of the molecule is Cc1cccc(NC(=O)c2cc3cc(N)ccc3[nH]2)c1Br. The summed E-state index contributed by atoms with van der Waals surface area (Å²) in [6.45, 7) is 1.98. The van der Waals surface area contributed by atoms with Crippen molar-refractivity contribution in [3.63, 3.8) is 0 Å².